The molecule has 1 aliphatic heterocycles. The topological polar surface area (TPSA) is 84.1 Å². The Morgan fingerprint density at radius 2 is 1.77 bits per heavy atom. The molecule has 0 atom stereocenters. The van der Waals surface area contributed by atoms with Gasteiger partial charge in [-0.2, -0.15) is 4.98 Å². The molecule has 0 unspecified atom stereocenters. The maximum absolute atomic E-state index is 5.94. The molecule has 0 radical (unpaired) electrons. The van der Waals surface area contributed by atoms with Gasteiger partial charge < -0.3 is 15.5 Å². The highest BCUT2D eigenvalue weighted by atomic mass is 15.3. The molecule has 0 aliphatic carbocycles. The molecule has 0 bridgehead atoms. The van der Waals surface area contributed by atoms with Crippen molar-refractivity contribution in [2.24, 2.45) is 0 Å². The molecule has 1 aliphatic rings. The molecule has 7 heteroatoms. The van der Waals surface area contributed by atoms with E-state index in [1.165, 1.54) is 5.56 Å². The maximum atomic E-state index is 5.94. The van der Waals surface area contributed by atoms with Gasteiger partial charge in [0.05, 0.1) is 0 Å². The van der Waals surface area contributed by atoms with Gasteiger partial charge in [-0.3, -0.25) is 0 Å². The Balaban J connectivity index is 1.75. The molecule has 1 saturated heterocycles. The molecular formula is C19H29N7. The first-order chi connectivity index (χ1) is 12.6. The lowest BCUT2D eigenvalue weighted by molar-refractivity contribution is 0.634. The Bertz CT molecular complexity index is 739. The molecule has 1 fully saturated rings. The number of hydrogen-bond donors (Lipinski definition) is 1. The molecule has 2 aromatic heterocycles. The smallest absolute Gasteiger partial charge is 0.222 e. The summed E-state index contributed by atoms with van der Waals surface area (Å²) in [6.45, 7) is 9.99. The van der Waals surface area contributed by atoms with E-state index in [1.807, 2.05) is 6.92 Å². The van der Waals surface area contributed by atoms with Gasteiger partial charge in [-0.25, -0.2) is 15.0 Å². The number of aryl methyl sites for hydroxylation is 2. The summed E-state index contributed by atoms with van der Waals surface area (Å²) in [5.41, 5.74) is 9.27. The molecule has 7 nitrogen and oxygen atoms in total. The van der Waals surface area contributed by atoms with Crippen molar-refractivity contribution in [3.05, 3.63) is 29.3 Å². The lowest BCUT2D eigenvalue weighted by atomic mass is 10.1. The van der Waals surface area contributed by atoms with Gasteiger partial charge in [0.25, 0.3) is 0 Å². The number of aromatic nitrogens is 4. The van der Waals surface area contributed by atoms with Gasteiger partial charge in [0.15, 0.2) is 0 Å². The molecule has 0 amide bonds. The lowest BCUT2D eigenvalue weighted by Crippen LogP contribution is -2.47. The fraction of sp³-hybridized carbons (Fsp3) is 0.579. The molecule has 3 rings (SSSR count). The second-order valence-corrected chi connectivity index (χ2v) is 6.77. The van der Waals surface area contributed by atoms with Crippen molar-refractivity contribution >= 4 is 17.6 Å². The van der Waals surface area contributed by atoms with Crippen LogP contribution in [0.25, 0.3) is 0 Å². The van der Waals surface area contributed by atoms with E-state index < -0.39 is 0 Å². The quantitative estimate of drug-likeness (QED) is 0.851. The Morgan fingerprint density at radius 3 is 2.46 bits per heavy atom. The Labute approximate surface area is 155 Å². The summed E-state index contributed by atoms with van der Waals surface area (Å²) in [5.74, 6) is 2.39. The third-order valence-corrected chi connectivity index (χ3v) is 4.96. The minimum Gasteiger partial charge on any atom is -0.368 e. The van der Waals surface area contributed by atoms with Crippen molar-refractivity contribution in [2.75, 3.05) is 41.7 Å². The zero-order valence-corrected chi connectivity index (χ0v) is 16.1. The number of nitrogen functional groups attached to an aromatic ring is 1. The zero-order chi connectivity index (χ0) is 18.5. The third kappa shape index (κ3) is 4.03. The van der Waals surface area contributed by atoms with Crippen molar-refractivity contribution < 1.29 is 0 Å². The van der Waals surface area contributed by atoms with Gasteiger partial charge in [0.2, 0.25) is 5.95 Å². The third-order valence-electron chi connectivity index (χ3n) is 4.96. The molecule has 0 saturated carbocycles. The van der Waals surface area contributed by atoms with Crippen molar-refractivity contribution in [3.8, 4) is 0 Å². The summed E-state index contributed by atoms with van der Waals surface area (Å²) in [5, 5.41) is 0. The Hall–Kier alpha value is -2.44. The molecule has 2 aromatic rings. The molecule has 26 heavy (non-hydrogen) atoms. The van der Waals surface area contributed by atoms with E-state index in [4.69, 9.17) is 5.73 Å². The minimum atomic E-state index is 0.364. The van der Waals surface area contributed by atoms with Crippen LogP contribution in [-0.4, -0.2) is 46.1 Å². The van der Waals surface area contributed by atoms with Crippen LogP contribution in [0.4, 0.5) is 17.6 Å². The molecule has 2 N–H and O–H groups in total. The SMILES string of the molecule is CCCCc1c(C)nc(N)nc1N1CCN(c2cc(CC)ncn2)CC1. The normalized spacial score (nSPS) is 14.7. The van der Waals surface area contributed by atoms with Gasteiger partial charge in [-0.15, -0.1) is 0 Å². The summed E-state index contributed by atoms with van der Waals surface area (Å²) in [4.78, 5) is 22.4. The van der Waals surface area contributed by atoms with Crippen LogP contribution in [-0.2, 0) is 12.8 Å². The van der Waals surface area contributed by atoms with Gasteiger partial charge in [0, 0.05) is 49.2 Å². The van der Waals surface area contributed by atoms with Crippen molar-refractivity contribution in [2.45, 2.75) is 46.5 Å². The molecule has 0 spiro atoms. The van der Waals surface area contributed by atoms with Gasteiger partial charge in [0.1, 0.15) is 18.0 Å². The highest BCUT2D eigenvalue weighted by molar-refractivity contribution is 5.53. The number of nitrogens with zero attached hydrogens (tertiary/aromatic N) is 6. The van der Waals surface area contributed by atoms with E-state index in [0.29, 0.717) is 5.95 Å². The number of anilines is 3. The lowest BCUT2D eigenvalue weighted by Gasteiger charge is -2.37. The second-order valence-electron chi connectivity index (χ2n) is 6.77. The largest absolute Gasteiger partial charge is 0.368 e. The van der Waals surface area contributed by atoms with Gasteiger partial charge in [-0.05, 0) is 26.2 Å². The van der Waals surface area contributed by atoms with Crippen LogP contribution >= 0.6 is 0 Å². The first-order valence-electron chi connectivity index (χ1n) is 9.56. The van der Waals surface area contributed by atoms with E-state index in [-0.39, 0.29) is 0 Å². The summed E-state index contributed by atoms with van der Waals surface area (Å²) >= 11 is 0. The highest BCUT2D eigenvalue weighted by Gasteiger charge is 2.23. The Kier molecular flexibility index (Phi) is 5.85. The van der Waals surface area contributed by atoms with E-state index in [2.05, 4.69) is 49.6 Å². The van der Waals surface area contributed by atoms with E-state index in [9.17, 15) is 0 Å². The number of hydrogen-bond acceptors (Lipinski definition) is 7. The van der Waals surface area contributed by atoms with Crippen LogP contribution in [0, 0.1) is 6.92 Å². The number of nitrogens with two attached hydrogens (primary N) is 1. The zero-order valence-electron chi connectivity index (χ0n) is 16.1. The second kappa shape index (κ2) is 8.29. The average molecular weight is 355 g/mol. The van der Waals surface area contributed by atoms with E-state index >= 15 is 0 Å². The first kappa shape index (κ1) is 18.4. The minimum absolute atomic E-state index is 0.364. The monoisotopic (exact) mass is 355 g/mol. The molecule has 0 aromatic carbocycles. The average Bonchev–Trinajstić information content (AvgIpc) is 2.67. The van der Waals surface area contributed by atoms with Crippen LogP contribution in [0.2, 0.25) is 0 Å². The molecular weight excluding hydrogens is 326 g/mol. The number of unbranched alkanes of at least 4 members (excludes halogenated alkanes) is 1. The number of rotatable bonds is 6. The van der Waals surface area contributed by atoms with Crippen molar-refractivity contribution in [3.63, 3.8) is 0 Å². The van der Waals surface area contributed by atoms with Crippen LogP contribution in [0.3, 0.4) is 0 Å². The van der Waals surface area contributed by atoms with Crippen molar-refractivity contribution in [1.82, 2.24) is 19.9 Å². The standard InChI is InChI=1S/C19H29N7/c1-4-6-7-16-14(3)23-19(20)24-18(16)26-10-8-25(9-11-26)17-12-15(5-2)21-13-22-17/h12-13H,4-11H2,1-3H3,(H2,20,23,24). The predicted octanol–water partition coefficient (Wildman–Crippen LogP) is 2.39. The van der Waals surface area contributed by atoms with E-state index in [0.717, 1.165) is 74.9 Å². The first-order valence-corrected chi connectivity index (χ1v) is 9.56. The van der Waals surface area contributed by atoms with Crippen LogP contribution in [0.15, 0.2) is 12.4 Å². The number of piperazine rings is 1. The molecule has 140 valence electrons. The predicted molar refractivity (Wildman–Crippen MR) is 106 cm³/mol. The summed E-state index contributed by atoms with van der Waals surface area (Å²) in [7, 11) is 0. The summed E-state index contributed by atoms with van der Waals surface area (Å²) in [6, 6.07) is 2.09. The Morgan fingerprint density at radius 1 is 1.04 bits per heavy atom. The molecule has 3 heterocycles. The fourth-order valence-electron chi connectivity index (χ4n) is 3.41. The summed E-state index contributed by atoms with van der Waals surface area (Å²) < 4.78 is 0. The summed E-state index contributed by atoms with van der Waals surface area (Å²) in [6.07, 6.45) is 5.89. The van der Waals surface area contributed by atoms with Gasteiger partial charge >= 0.3 is 0 Å². The highest BCUT2D eigenvalue weighted by Crippen LogP contribution is 2.25. The van der Waals surface area contributed by atoms with Crippen LogP contribution in [0.1, 0.15) is 43.6 Å². The van der Waals surface area contributed by atoms with Crippen molar-refractivity contribution in [1.29, 1.82) is 0 Å². The van der Waals surface area contributed by atoms with Crippen LogP contribution < -0.4 is 15.5 Å². The van der Waals surface area contributed by atoms with E-state index in [1.54, 1.807) is 6.33 Å². The van der Waals surface area contributed by atoms with Gasteiger partial charge in [-0.1, -0.05) is 20.3 Å². The van der Waals surface area contributed by atoms with Crippen LogP contribution in [0.5, 0.6) is 0 Å². The maximum Gasteiger partial charge on any atom is 0.222 e. The fourth-order valence-corrected chi connectivity index (χ4v) is 3.41.